The predicted molar refractivity (Wildman–Crippen MR) is 97.9 cm³/mol. The van der Waals surface area contributed by atoms with E-state index in [2.05, 4.69) is 9.97 Å². The number of amides is 1. The number of aryl methyl sites for hydroxylation is 2. The number of hydrogen-bond acceptors (Lipinski definition) is 5. The van der Waals surface area contributed by atoms with Crippen LogP contribution in [0.25, 0.3) is 11.2 Å². The van der Waals surface area contributed by atoms with Gasteiger partial charge in [0, 0.05) is 33.1 Å². The van der Waals surface area contributed by atoms with Crippen molar-refractivity contribution in [3.8, 4) is 0 Å². The number of piperidine rings is 1. The minimum absolute atomic E-state index is 0.0272. The van der Waals surface area contributed by atoms with Crippen LogP contribution in [0.3, 0.4) is 0 Å². The van der Waals surface area contributed by atoms with Gasteiger partial charge in [0.25, 0.3) is 11.5 Å². The fourth-order valence-electron chi connectivity index (χ4n) is 3.67. The third-order valence-electron chi connectivity index (χ3n) is 5.37. The zero-order valence-electron chi connectivity index (χ0n) is 15.5. The maximum Gasteiger partial charge on any atom is 0.332 e. The number of carbonyl (C=O) groups excluding carboxylic acids is 1. The smallest absolute Gasteiger partial charge is 0.332 e. The molecule has 1 N–H and O–H groups in total. The Kier molecular flexibility index (Phi) is 4.01. The van der Waals surface area contributed by atoms with Gasteiger partial charge in [-0.05, 0) is 25.8 Å². The van der Waals surface area contributed by atoms with Gasteiger partial charge < -0.3 is 14.3 Å². The van der Waals surface area contributed by atoms with Crippen molar-refractivity contribution >= 4 is 17.1 Å². The van der Waals surface area contributed by atoms with Gasteiger partial charge in [-0.2, -0.15) is 0 Å². The molecule has 4 heterocycles. The molecular weight excluding hydrogens is 350 g/mol. The Morgan fingerprint density at radius 2 is 1.93 bits per heavy atom. The average Bonchev–Trinajstić information content (AvgIpc) is 3.31. The van der Waals surface area contributed by atoms with Gasteiger partial charge in [-0.25, -0.2) is 9.78 Å². The molecule has 0 radical (unpaired) electrons. The van der Waals surface area contributed by atoms with Crippen molar-refractivity contribution in [2.24, 2.45) is 14.1 Å². The number of imidazole rings is 1. The number of aromatic amines is 1. The first-order valence-corrected chi connectivity index (χ1v) is 8.87. The summed E-state index contributed by atoms with van der Waals surface area (Å²) >= 11 is 0. The minimum Gasteiger partial charge on any atom is -0.469 e. The number of furan rings is 1. The number of fused-ring (bicyclic) bond motifs is 1. The average molecular weight is 371 g/mol. The molecule has 0 atom stereocenters. The van der Waals surface area contributed by atoms with Crippen molar-refractivity contribution in [3.63, 3.8) is 0 Å². The van der Waals surface area contributed by atoms with E-state index in [1.54, 1.807) is 20.0 Å². The number of hydrogen-bond donors (Lipinski definition) is 1. The summed E-state index contributed by atoms with van der Waals surface area (Å²) in [5, 5.41) is 0. The third kappa shape index (κ3) is 2.70. The molecule has 0 unspecified atom stereocenters. The molecule has 9 heteroatoms. The van der Waals surface area contributed by atoms with Crippen LogP contribution in [0.5, 0.6) is 0 Å². The number of rotatable bonds is 2. The summed E-state index contributed by atoms with van der Waals surface area (Å²) in [5.74, 6) is 1.39. The van der Waals surface area contributed by atoms with Crippen molar-refractivity contribution in [2.45, 2.75) is 25.7 Å². The Morgan fingerprint density at radius 3 is 2.56 bits per heavy atom. The van der Waals surface area contributed by atoms with Crippen molar-refractivity contribution < 1.29 is 9.21 Å². The predicted octanol–water partition coefficient (Wildman–Crippen LogP) is 0.882. The summed E-state index contributed by atoms with van der Waals surface area (Å²) in [6.07, 6.45) is 2.99. The quantitative estimate of drug-likeness (QED) is 0.720. The molecule has 1 aliphatic heterocycles. The lowest BCUT2D eigenvalue weighted by atomic mass is 9.95. The van der Waals surface area contributed by atoms with Gasteiger partial charge >= 0.3 is 5.69 Å². The molecule has 0 spiro atoms. The summed E-state index contributed by atoms with van der Waals surface area (Å²) in [6, 6.07) is 1.69. The summed E-state index contributed by atoms with van der Waals surface area (Å²) in [6.45, 7) is 2.98. The number of carbonyl (C=O) groups is 1. The Balaban J connectivity index is 1.57. The Hall–Kier alpha value is -3.10. The third-order valence-corrected chi connectivity index (χ3v) is 5.37. The lowest BCUT2D eigenvalue weighted by Crippen LogP contribution is -2.38. The molecule has 27 heavy (non-hydrogen) atoms. The second kappa shape index (κ2) is 6.26. The molecule has 0 aromatic carbocycles. The molecule has 3 aromatic rings. The van der Waals surface area contributed by atoms with Crippen LogP contribution >= 0.6 is 0 Å². The highest BCUT2D eigenvalue weighted by Crippen LogP contribution is 2.28. The molecule has 0 bridgehead atoms. The molecule has 9 nitrogen and oxygen atoms in total. The van der Waals surface area contributed by atoms with Gasteiger partial charge in [0.05, 0.1) is 11.8 Å². The van der Waals surface area contributed by atoms with E-state index < -0.39 is 5.69 Å². The van der Waals surface area contributed by atoms with Crippen molar-refractivity contribution in [1.82, 2.24) is 24.0 Å². The van der Waals surface area contributed by atoms with Gasteiger partial charge in [-0.3, -0.25) is 18.7 Å². The van der Waals surface area contributed by atoms with Crippen molar-refractivity contribution in [1.29, 1.82) is 0 Å². The Bertz CT molecular complexity index is 1140. The van der Waals surface area contributed by atoms with E-state index >= 15 is 0 Å². The van der Waals surface area contributed by atoms with Crippen LogP contribution in [0.15, 0.2) is 26.3 Å². The highest BCUT2D eigenvalue weighted by molar-refractivity contribution is 5.95. The maximum absolute atomic E-state index is 12.6. The summed E-state index contributed by atoms with van der Waals surface area (Å²) < 4.78 is 7.66. The van der Waals surface area contributed by atoms with Gasteiger partial charge in [-0.15, -0.1) is 0 Å². The van der Waals surface area contributed by atoms with Crippen LogP contribution in [-0.4, -0.2) is 43.0 Å². The lowest BCUT2D eigenvalue weighted by molar-refractivity contribution is 0.0709. The molecule has 1 fully saturated rings. The van der Waals surface area contributed by atoms with E-state index in [0.717, 1.165) is 17.4 Å². The number of likely N-dealkylation sites (tertiary alicyclic amines) is 1. The molecule has 1 amide bonds. The number of nitrogens with zero attached hydrogens (tertiary/aromatic N) is 4. The van der Waals surface area contributed by atoms with E-state index in [9.17, 15) is 14.4 Å². The number of H-pyrrole nitrogens is 1. The molecule has 142 valence electrons. The van der Waals surface area contributed by atoms with Crippen molar-refractivity contribution in [3.05, 3.63) is 50.3 Å². The first kappa shape index (κ1) is 17.3. The molecule has 4 rings (SSSR count). The second-order valence-electron chi connectivity index (χ2n) is 6.98. The zero-order chi connectivity index (χ0) is 19.3. The normalized spacial score (nSPS) is 15.6. The summed E-state index contributed by atoms with van der Waals surface area (Å²) in [4.78, 5) is 46.4. The van der Waals surface area contributed by atoms with Gasteiger partial charge in [0.1, 0.15) is 17.1 Å². The minimum atomic E-state index is -0.401. The molecule has 0 aliphatic carbocycles. The lowest BCUT2D eigenvalue weighted by Gasteiger charge is -2.31. The van der Waals surface area contributed by atoms with Crippen LogP contribution in [0, 0.1) is 6.92 Å². The molecule has 3 aromatic heterocycles. The first-order valence-electron chi connectivity index (χ1n) is 8.87. The SMILES string of the molecule is Cc1occc1C(=O)N1CCC(c2nc3c([nH]2)c(=O)n(C)c(=O)n3C)CC1. The van der Waals surface area contributed by atoms with Gasteiger partial charge in [0.2, 0.25) is 0 Å². The zero-order valence-corrected chi connectivity index (χ0v) is 15.5. The summed E-state index contributed by atoms with van der Waals surface area (Å²) in [7, 11) is 3.05. The van der Waals surface area contributed by atoms with Crippen LogP contribution in [0.2, 0.25) is 0 Å². The molecular formula is C18H21N5O4. The highest BCUT2D eigenvalue weighted by Gasteiger charge is 2.28. The molecule has 0 saturated carbocycles. The topological polar surface area (TPSA) is 106 Å². The largest absolute Gasteiger partial charge is 0.469 e. The van der Waals surface area contributed by atoms with E-state index in [-0.39, 0.29) is 17.4 Å². The Morgan fingerprint density at radius 1 is 1.22 bits per heavy atom. The highest BCUT2D eigenvalue weighted by atomic mass is 16.3. The first-order chi connectivity index (χ1) is 12.9. The molecule has 1 aliphatic rings. The van der Waals surface area contributed by atoms with Gasteiger partial charge in [0.15, 0.2) is 5.65 Å². The van der Waals surface area contributed by atoms with Crippen LogP contribution in [0.4, 0.5) is 0 Å². The van der Waals surface area contributed by atoms with Crippen molar-refractivity contribution in [2.75, 3.05) is 13.1 Å². The van der Waals surface area contributed by atoms with Gasteiger partial charge in [-0.1, -0.05) is 0 Å². The van der Waals surface area contributed by atoms with E-state index in [1.165, 1.54) is 17.9 Å². The van der Waals surface area contributed by atoms with E-state index in [0.29, 0.717) is 41.4 Å². The Labute approximate surface area is 154 Å². The number of aromatic nitrogens is 4. The molecule has 1 saturated heterocycles. The fraction of sp³-hybridized carbons (Fsp3) is 0.444. The monoisotopic (exact) mass is 371 g/mol. The maximum atomic E-state index is 12.6. The second-order valence-corrected chi connectivity index (χ2v) is 6.98. The van der Waals surface area contributed by atoms with Crippen LogP contribution in [0.1, 0.15) is 40.7 Å². The number of nitrogens with one attached hydrogen (secondary N) is 1. The summed E-state index contributed by atoms with van der Waals surface area (Å²) in [5.41, 5.74) is 0.514. The van der Waals surface area contributed by atoms with Crippen LogP contribution < -0.4 is 11.2 Å². The standard InChI is InChI=1S/C18H21N5O4/c1-10-12(6-9-27-10)16(24)23-7-4-11(5-8-23)14-19-13-15(20-14)21(2)18(26)22(3)17(13)25/h6,9,11H,4-5,7-8H2,1-3H3,(H,19,20). The van der Waals surface area contributed by atoms with E-state index in [4.69, 9.17) is 4.42 Å². The van der Waals surface area contributed by atoms with Crippen LogP contribution in [-0.2, 0) is 14.1 Å². The van der Waals surface area contributed by atoms with E-state index in [1.807, 2.05) is 4.90 Å². The fourth-order valence-corrected chi connectivity index (χ4v) is 3.67.